The molecule has 0 saturated heterocycles. The van der Waals surface area contributed by atoms with Crippen LogP contribution in [0.3, 0.4) is 0 Å². The third kappa shape index (κ3) is 2.25. The number of rotatable bonds is 3. The minimum atomic E-state index is -0.194. The molecule has 98 valence electrons. The zero-order chi connectivity index (χ0) is 13.6. The predicted molar refractivity (Wildman–Crippen MR) is 78.0 cm³/mol. The maximum absolute atomic E-state index is 12.1. The molecule has 1 heterocycles. The second-order valence-corrected chi connectivity index (χ2v) is 6.43. The van der Waals surface area contributed by atoms with Crippen LogP contribution in [0.1, 0.15) is 34.9 Å². The summed E-state index contributed by atoms with van der Waals surface area (Å²) in [6.45, 7) is 1.81. The van der Waals surface area contributed by atoms with Crippen molar-refractivity contribution in [2.75, 3.05) is 0 Å². The molecule has 1 aliphatic rings. The second-order valence-electron chi connectivity index (χ2n) is 5.05. The molecule has 3 nitrogen and oxygen atoms in total. The highest BCUT2D eigenvalue weighted by atomic mass is 79.9. The van der Waals surface area contributed by atoms with Gasteiger partial charge in [-0.05, 0) is 44.0 Å². The molecule has 0 amide bonds. The fourth-order valence-corrected chi connectivity index (χ4v) is 2.51. The molecular formula is C15H14BrNO2. The van der Waals surface area contributed by atoms with Crippen LogP contribution in [0.5, 0.6) is 0 Å². The van der Waals surface area contributed by atoms with Gasteiger partial charge in [-0.15, -0.1) is 0 Å². The first-order valence-electron chi connectivity index (χ1n) is 6.41. The summed E-state index contributed by atoms with van der Waals surface area (Å²) >= 11 is 3.29. The zero-order valence-electron chi connectivity index (χ0n) is 10.6. The summed E-state index contributed by atoms with van der Waals surface area (Å²) < 4.78 is 1.71. The highest BCUT2D eigenvalue weighted by molar-refractivity contribution is 9.10. The topological polar surface area (TPSA) is 39.1 Å². The molecule has 1 saturated carbocycles. The second kappa shape index (κ2) is 4.60. The van der Waals surface area contributed by atoms with Crippen LogP contribution in [0.25, 0.3) is 10.9 Å². The average molecular weight is 320 g/mol. The largest absolute Gasteiger partial charge is 0.293 e. The van der Waals surface area contributed by atoms with E-state index in [0.717, 1.165) is 23.7 Å². The summed E-state index contributed by atoms with van der Waals surface area (Å²) in [6.07, 6.45) is 3.80. The Hall–Kier alpha value is -1.42. The lowest BCUT2D eigenvalue weighted by atomic mass is 10.1. The van der Waals surface area contributed by atoms with Gasteiger partial charge in [0, 0.05) is 23.1 Å². The standard InChI is InChI=1S/C15H14BrNO2/c1-9(16)14(18)12-4-5-13-11(8-12)6-7-17(13)15(19)10-2-3-10/h4-10H,2-3H2,1H3. The van der Waals surface area contributed by atoms with Crippen molar-refractivity contribution in [3.63, 3.8) is 0 Å². The number of Topliss-reactive ketones (excluding diaryl/α,β-unsaturated/α-hetero) is 1. The van der Waals surface area contributed by atoms with Crippen LogP contribution in [-0.4, -0.2) is 21.1 Å². The molecule has 0 spiro atoms. The van der Waals surface area contributed by atoms with Gasteiger partial charge in [-0.1, -0.05) is 15.9 Å². The first-order chi connectivity index (χ1) is 9.08. The quantitative estimate of drug-likeness (QED) is 0.639. The van der Waals surface area contributed by atoms with E-state index in [4.69, 9.17) is 0 Å². The predicted octanol–water partition coefficient (Wildman–Crippen LogP) is 3.66. The van der Waals surface area contributed by atoms with Gasteiger partial charge < -0.3 is 0 Å². The van der Waals surface area contributed by atoms with Gasteiger partial charge in [0.1, 0.15) is 0 Å². The van der Waals surface area contributed by atoms with E-state index in [0.29, 0.717) is 5.56 Å². The average Bonchev–Trinajstić information content (AvgIpc) is 3.16. The SMILES string of the molecule is CC(Br)C(=O)c1ccc2c(ccn2C(=O)C2CC2)c1. The molecule has 19 heavy (non-hydrogen) atoms. The minimum Gasteiger partial charge on any atom is -0.293 e. The van der Waals surface area contributed by atoms with Crippen molar-refractivity contribution in [1.82, 2.24) is 4.57 Å². The van der Waals surface area contributed by atoms with Crippen LogP contribution in [0, 0.1) is 5.92 Å². The van der Waals surface area contributed by atoms with Crippen LogP contribution in [-0.2, 0) is 0 Å². The molecule has 1 aliphatic carbocycles. The fourth-order valence-electron chi connectivity index (χ4n) is 2.24. The molecule has 0 bridgehead atoms. The van der Waals surface area contributed by atoms with Gasteiger partial charge in [-0.25, -0.2) is 0 Å². The Morgan fingerprint density at radius 2 is 2.05 bits per heavy atom. The number of alkyl halides is 1. The van der Waals surface area contributed by atoms with Gasteiger partial charge in [-0.2, -0.15) is 0 Å². The van der Waals surface area contributed by atoms with Gasteiger partial charge in [-0.3, -0.25) is 14.2 Å². The maximum atomic E-state index is 12.1. The van der Waals surface area contributed by atoms with E-state index < -0.39 is 0 Å². The van der Waals surface area contributed by atoms with Crippen molar-refractivity contribution in [2.45, 2.75) is 24.6 Å². The third-order valence-electron chi connectivity index (χ3n) is 3.50. The number of benzene rings is 1. The summed E-state index contributed by atoms with van der Waals surface area (Å²) in [5.74, 6) is 0.422. The van der Waals surface area contributed by atoms with E-state index in [1.165, 1.54) is 0 Å². The number of halogens is 1. The molecular weight excluding hydrogens is 306 g/mol. The summed E-state index contributed by atoms with van der Waals surface area (Å²) in [6, 6.07) is 7.40. The smallest absolute Gasteiger partial charge is 0.234 e. The van der Waals surface area contributed by atoms with E-state index >= 15 is 0 Å². The molecule has 1 atom stereocenters. The Kier molecular flexibility index (Phi) is 3.05. The lowest BCUT2D eigenvalue weighted by Crippen LogP contribution is -2.12. The van der Waals surface area contributed by atoms with Crippen LogP contribution in [0.15, 0.2) is 30.5 Å². The number of ketones is 1. The van der Waals surface area contributed by atoms with Crippen LogP contribution in [0.2, 0.25) is 0 Å². The number of hydrogen-bond donors (Lipinski definition) is 0. The normalized spacial score (nSPS) is 16.5. The summed E-state index contributed by atoms with van der Waals surface area (Å²) in [7, 11) is 0. The zero-order valence-corrected chi connectivity index (χ0v) is 12.2. The number of aromatic nitrogens is 1. The van der Waals surface area contributed by atoms with Gasteiger partial charge >= 0.3 is 0 Å². The van der Waals surface area contributed by atoms with E-state index in [-0.39, 0.29) is 22.4 Å². The molecule has 4 heteroatoms. The van der Waals surface area contributed by atoms with Crippen molar-refractivity contribution >= 4 is 38.5 Å². The number of nitrogens with zero attached hydrogens (tertiary/aromatic N) is 1. The first kappa shape index (κ1) is 12.6. The van der Waals surface area contributed by atoms with E-state index in [1.54, 1.807) is 16.8 Å². The Labute approximate surface area is 119 Å². The molecule has 0 N–H and O–H groups in total. The van der Waals surface area contributed by atoms with E-state index in [2.05, 4.69) is 15.9 Å². The molecule has 1 unspecified atom stereocenters. The highest BCUT2D eigenvalue weighted by Crippen LogP contribution is 2.32. The molecule has 0 radical (unpaired) electrons. The highest BCUT2D eigenvalue weighted by Gasteiger charge is 2.31. The number of carbonyl (C=O) groups is 2. The van der Waals surface area contributed by atoms with Crippen molar-refractivity contribution in [1.29, 1.82) is 0 Å². The first-order valence-corrected chi connectivity index (χ1v) is 7.33. The number of fused-ring (bicyclic) bond motifs is 1. The summed E-state index contributed by atoms with van der Waals surface area (Å²) in [5, 5.41) is 0.938. The lowest BCUT2D eigenvalue weighted by molar-refractivity contribution is 0.0891. The Bertz CT molecular complexity index is 668. The fraction of sp³-hybridized carbons (Fsp3) is 0.333. The molecule has 2 aromatic rings. The number of carbonyl (C=O) groups excluding carboxylic acids is 2. The Morgan fingerprint density at radius 1 is 1.32 bits per heavy atom. The molecule has 1 aromatic heterocycles. The van der Waals surface area contributed by atoms with Crippen molar-refractivity contribution in [3.8, 4) is 0 Å². The summed E-state index contributed by atoms with van der Waals surface area (Å²) in [4.78, 5) is 23.8. The van der Waals surface area contributed by atoms with Crippen molar-refractivity contribution < 1.29 is 9.59 Å². The van der Waals surface area contributed by atoms with Crippen molar-refractivity contribution in [3.05, 3.63) is 36.0 Å². The molecule has 0 aliphatic heterocycles. The van der Waals surface area contributed by atoms with E-state index in [1.807, 2.05) is 25.1 Å². The van der Waals surface area contributed by atoms with Crippen LogP contribution >= 0.6 is 15.9 Å². The maximum Gasteiger partial charge on any atom is 0.234 e. The Balaban J connectivity index is 2.02. The van der Waals surface area contributed by atoms with E-state index in [9.17, 15) is 9.59 Å². The third-order valence-corrected chi connectivity index (χ3v) is 3.92. The minimum absolute atomic E-state index is 0.0585. The monoisotopic (exact) mass is 319 g/mol. The lowest BCUT2D eigenvalue weighted by Gasteiger charge is -2.05. The van der Waals surface area contributed by atoms with Gasteiger partial charge in [0.15, 0.2) is 5.78 Å². The molecule has 1 fully saturated rings. The molecule has 1 aromatic carbocycles. The van der Waals surface area contributed by atoms with Crippen LogP contribution < -0.4 is 0 Å². The molecule has 3 rings (SSSR count). The van der Waals surface area contributed by atoms with Gasteiger partial charge in [0.05, 0.1) is 10.3 Å². The number of hydrogen-bond acceptors (Lipinski definition) is 2. The Morgan fingerprint density at radius 3 is 2.68 bits per heavy atom. The summed E-state index contributed by atoms with van der Waals surface area (Å²) in [5.41, 5.74) is 1.56. The van der Waals surface area contributed by atoms with Gasteiger partial charge in [0.2, 0.25) is 5.91 Å². The van der Waals surface area contributed by atoms with Gasteiger partial charge in [0.25, 0.3) is 0 Å². The van der Waals surface area contributed by atoms with Crippen LogP contribution in [0.4, 0.5) is 0 Å². The van der Waals surface area contributed by atoms with Crippen molar-refractivity contribution in [2.24, 2.45) is 5.92 Å².